The second-order valence-corrected chi connectivity index (χ2v) is 9.68. The van der Waals surface area contributed by atoms with Crippen LogP contribution in [0.15, 0.2) is 66.9 Å². The van der Waals surface area contributed by atoms with Crippen molar-refractivity contribution in [3.05, 3.63) is 89.2 Å². The lowest BCUT2D eigenvalue weighted by Crippen LogP contribution is -2.27. The number of aromatic nitrogens is 3. The van der Waals surface area contributed by atoms with Gasteiger partial charge in [-0.3, -0.25) is 14.7 Å². The van der Waals surface area contributed by atoms with Crippen molar-refractivity contribution in [2.24, 2.45) is 0 Å². The number of fused-ring (bicyclic) bond motifs is 1. The quantitative estimate of drug-likeness (QED) is 0.380. The zero-order valence-corrected chi connectivity index (χ0v) is 22.0. The molecule has 0 saturated heterocycles. The van der Waals surface area contributed by atoms with Crippen LogP contribution in [0.5, 0.6) is 0 Å². The average molecular weight is 493 g/mol. The van der Waals surface area contributed by atoms with Gasteiger partial charge in [0, 0.05) is 42.5 Å². The van der Waals surface area contributed by atoms with Crippen LogP contribution >= 0.6 is 0 Å². The summed E-state index contributed by atoms with van der Waals surface area (Å²) in [5.74, 6) is 1.37. The summed E-state index contributed by atoms with van der Waals surface area (Å²) in [7, 11) is 3.90. The van der Waals surface area contributed by atoms with E-state index in [0.29, 0.717) is 24.5 Å². The van der Waals surface area contributed by atoms with Crippen LogP contribution < -0.4 is 15.1 Å². The molecule has 1 amide bonds. The van der Waals surface area contributed by atoms with Gasteiger partial charge in [-0.05, 0) is 57.6 Å². The Morgan fingerprint density at radius 2 is 1.84 bits per heavy atom. The van der Waals surface area contributed by atoms with Crippen molar-refractivity contribution < 1.29 is 4.79 Å². The van der Waals surface area contributed by atoms with Crippen molar-refractivity contribution in [1.29, 1.82) is 0 Å². The van der Waals surface area contributed by atoms with E-state index in [1.807, 2.05) is 68.8 Å². The van der Waals surface area contributed by atoms with Crippen LogP contribution in [0.4, 0.5) is 11.6 Å². The standard InChI is InChI=1S/C30H32N6O/c1-19(2)35(5)27-16-22-23(25(34-27)17-31-4)18-36(30(22)37)26-13-9-12-24(33-26)28-20(3)14-15-32-29(28)21-10-7-6-8-11-21/h6-16,19,31H,17-18H2,1-5H3. The molecule has 4 aromatic rings. The van der Waals surface area contributed by atoms with Crippen LogP contribution in [0.1, 0.15) is 41.0 Å². The number of aryl methyl sites for hydroxylation is 1. The molecule has 0 saturated carbocycles. The van der Waals surface area contributed by atoms with E-state index in [4.69, 9.17) is 15.0 Å². The first-order valence-electron chi connectivity index (χ1n) is 12.6. The van der Waals surface area contributed by atoms with Crippen LogP contribution in [-0.2, 0) is 13.1 Å². The van der Waals surface area contributed by atoms with Crippen LogP contribution in [0.2, 0.25) is 0 Å². The Hall–Kier alpha value is -4.10. The van der Waals surface area contributed by atoms with Gasteiger partial charge in [-0.2, -0.15) is 0 Å². The molecule has 1 aromatic carbocycles. The third-order valence-electron chi connectivity index (χ3n) is 6.94. The highest BCUT2D eigenvalue weighted by Gasteiger charge is 2.33. The first-order chi connectivity index (χ1) is 17.9. The van der Waals surface area contributed by atoms with Gasteiger partial charge < -0.3 is 10.2 Å². The minimum Gasteiger partial charge on any atom is -0.357 e. The topological polar surface area (TPSA) is 74.2 Å². The number of nitrogens with one attached hydrogen (secondary N) is 1. The number of amides is 1. The van der Waals surface area contributed by atoms with Crippen molar-refractivity contribution >= 4 is 17.5 Å². The Morgan fingerprint density at radius 3 is 2.57 bits per heavy atom. The van der Waals surface area contributed by atoms with Gasteiger partial charge in [0.15, 0.2) is 0 Å². The monoisotopic (exact) mass is 492 g/mol. The van der Waals surface area contributed by atoms with Crippen molar-refractivity contribution in [2.45, 2.75) is 39.9 Å². The number of carbonyl (C=O) groups is 1. The summed E-state index contributed by atoms with van der Waals surface area (Å²) in [5, 5.41) is 3.20. The fourth-order valence-corrected chi connectivity index (χ4v) is 4.71. The second-order valence-electron chi connectivity index (χ2n) is 9.68. The Balaban J connectivity index is 1.56. The van der Waals surface area contributed by atoms with Gasteiger partial charge >= 0.3 is 0 Å². The molecule has 37 heavy (non-hydrogen) atoms. The molecule has 188 valence electrons. The lowest BCUT2D eigenvalue weighted by molar-refractivity contribution is 0.0996. The number of anilines is 2. The molecule has 1 aliphatic rings. The van der Waals surface area contributed by atoms with Gasteiger partial charge in [-0.15, -0.1) is 0 Å². The maximum absolute atomic E-state index is 13.7. The predicted octanol–water partition coefficient (Wildman–Crippen LogP) is 5.24. The van der Waals surface area contributed by atoms with Crippen LogP contribution in [0, 0.1) is 6.92 Å². The highest BCUT2D eigenvalue weighted by molar-refractivity contribution is 6.10. The summed E-state index contributed by atoms with van der Waals surface area (Å²) < 4.78 is 0. The maximum Gasteiger partial charge on any atom is 0.260 e. The van der Waals surface area contributed by atoms with Crippen molar-refractivity contribution in [2.75, 3.05) is 23.9 Å². The molecule has 7 heteroatoms. The van der Waals surface area contributed by atoms with Gasteiger partial charge in [-0.25, -0.2) is 9.97 Å². The van der Waals surface area contributed by atoms with Crippen molar-refractivity contribution in [3.63, 3.8) is 0 Å². The number of hydrogen-bond acceptors (Lipinski definition) is 6. The summed E-state index contributed by atoms with van der Waals surface area (Å²) in [6, 6.07) is 20.1. The van der Waals surface area contributed by atoms with E-state index in [9.17, 15) is 4.79 Å². The fourth-order valence-electron chi connectivity index (χ4n) is 4.71. The van der Waals surface area contributed by atoms with Crippen LogP contribution in [0.25, 0.3) is 22.5 Å². The van der Waals surface area contributed by atoms with E-state index in [2.05, 4.69) is 43.1 Å². The number of carbonyl (C=O) groups excluding carboxylic acids is 1. The second kappa shape index (κ2) is 10.1. The molecule has 0 spiro atoms. The first kappa shape index (κ1) is 24.6. The molecule has 0 bridgehead atoms. The maximum atomic E-state index is 13.7. The van der Waals surface area contributed by atoms with Crippen molar-refractivity contribution in [3.8, 4) is 22.5 Å². The van der Waals surface area contributed by atoms with E-state index in [0.717, 1.165) is 45.2 Å². The first-order valence-corrected chi connectivity index (χ1v) is 12.6. The van der Waals surface area contributed by atoms with E-state index < -0.39 is 0 Å². The Bertz CT molecular complexity index is 1450. The lowest BCUT2D eigenvalue weighted by atomic mass is 9.99. The number of hydrogen-bond donors (Lipinski definition) is 1. The van der Waals surface area contributed by atoms with Gasteiger partial charge in [-0.1, -0.05) is 36.4 Å². The molecule has 0 aliphatic carbocycles. The molecule has 1 N–H and O–H groups in total. The van der Waals surface area contributed by atoms with Crippen molar-refractivity contribution in [1.82, 2.24) is 20.3 Å². The number of rotatable bonds is 7. The molecule has 0 fully saturated rings. The summed E-state index contributed by atoms with van der Waals surface area (Å²) in [6.07, 6.45) is 1.83. The van der Waals surface area contributed by atoms with E-state index >= 15 is 0 Å². The van der Waals surface area contributed by atoms with Gasteiger partial charge in [0.25, 0.3) is 5.91 Å². The molecule has 4 heterocycles. The molecule has 0 unspecified atom stereocenters. The molecule has 3 aromatic heterocycles. The zero-order chi connectivity index (χ0) is 26.1. The highest BCUT2D eigenvalue weighted by Crippen LogP contribution is 2.35. The molecule has 7 nitrogen and oxygen atoms in total. The number of nitrogens with zero attached hydrogens (tertiary/aromatic N) is 5. The number of benzene rings is 1. The SMILES string of the molecule is CNCc1nc(N(C)C(C)C)cc2c1CN(c1cccc(-c3c(C)ccnc3-c3ccccc3)n1)C2=O. The summed E-state index contributed by atoms with van der Waals surface area (Å²) in [4.78, 5) is 32.1. The van der Waals surface area contributed by atoms with Crippen LogP contribution in [0.3, 0.4) is 0 Å². The minimum atomic E-state index is -0.0519. The largest absolute Gasteiger partial charge is 0.357 e. The normalized spacial score (nSPS) is 12.8. The molecule has 1 aliphatic heterocycles. The molecule has 5 rings (SSSR count). The summed E-state index contributed by atoms with van der Waals surface area (Å²) in [5.41, 5.74) is 7.29. The van der Waals surface area contributed by atoms with E-state index in [1.165, 1.54) is 0 Å². The van der Waals surface area contributed by atoms with Gasteiger partial charge in [0.05, 0.1) is 29.2 Å². The molecular weight excluding hydrogens is 460 g/mol. The summed E-state index contributed by atoms with van der Waals surface area (Å²) >= 11 is 0. The average Bonchev–Trinajstić information content (AvgIpc) is 3.25. The third kappa shape index (κ3) is 4.58. The van der Waals surface area contributed by atoms with Crippen LogP contribution in [-0.4, -0.2) is 41.0 Å². The fraction of sp³-hybridized carbons (Fsp3) is 0.267. The summed E-state index contributed by atoms with van der Waals surface area (Å²) in [6.45, 7) is 7.32. The molecule has 0 radical (unpaired) electrons. The predicted molar refractivity (Wildman–Crippen MR) is 149 cm³/mol. The zero-order valence-electron chi connectivity index (χ0n) is 22.0. The van der Waals surface area contributed by atoms with E-state index in [-0.39, 0.29) is 11.9 Å². The Kier molecular flexibility index (Phi) is 6.72. The van der Waals surface area contributed by atoms with E-state index in [1.54, 1.807) is 4.90 Å². The molecule has 0 atom stereocenters. The Labute approximate surface area is 218 Å². The Morgan fingerprint density at radius 1 is 1.05 bits per heavy atom. The lowest BCUT2D eigenvalue weighted by Gasteiger charge is -2.24. The third-order valence-corrected chi connectivity index (χ3v) is 6.94. The van der Waals surface area contributed by atoms with Gasteiger partial charge in [0.1, 0.15) is 11.6 Å². The highest BCUT2D eigenvalue weighted by atomic mass is 16.2. The smallest absolute Gasteiger partial charge is 0.260 e. The van der Waals surface area contributed by atoms with Gasteiger partial charge in [0.2, 0.25) is 0 Å². The minimum absolute atomic E-state index is 0.0519. The molecular formula is C30H32N6O. The number of pyridine rings is 3.